The normalized spacial score (nSPS) is 19.5. The Kier molecular flexibility index (Phi) is 10.0. The maximum absolute atomic E-state index is 13.5. The molecule has 1 amide bonds. The molecule has 5 rings (SSSR count). The zero-order chi connectivity index (χ0) is 31.3. The standard InChI is InChI=1S/C31H37N3O9S/c1-32-11-13-33(14-12-32)31(37)28-19-22(26-21-42-27-6-4-3-5-25(27)30(26)36)20-29(43-28)41-18-16-34(15-17-35)44(38,39)24-9-7-23(40-2)8-10-24/h3-10,19,21-22,29,35H,11-18,20H2,1-2H3/t22-,29+/m1/s1. The first-order valence-corrected chi connectivity index (χ1v) is 15.9. The summed E-state index contributed by atoms with van der Waals surface area (Å²) in [6.45, 7) is 1.81. The molecule has 3 aromatic rings. The molecule has 0 unspecified atom stereocenters. The summed E-state index contributed by atoms with van der Waals surface area (Å²) in [7, 11) is -0.467. The van der Waals surface area contributed by atoms with Crippen LogP contribution in [-0.4, -0.2) is 106 Å². The molecule has 0 aliphatic carbocycles. The number of ether oxygens (including phenoxy) is 3. The lowest BCUT2D eigenvalue weighted by atomic mass is 9.93. The van der Waals surface area contributed by atoms with Crippen LogP contribution in [0.25, 0.3) is 11.0 Å². The van der Waals surface area contributed by atoms with E-state index >= 15 is 0 Å². The fourth-order valence-corrected chi connectivity index (χ4v) is 6.70. The number of nitrogens with zero attached hydrogens (tertiary/aromatic N) is 3. The molecule has 0 radical (unpaired) electrons. The summed E-state index contributed by atoms with van der Waals surface area (Å²) in [4.78, 5) is 30.8. The number of amides is 1. The molecule has 13 heteroatoms. The van der Waals surface area contributed by atoms with Gasteiger partial charge in [-0.05, 0) is 49.5 Å². The van der Waals surface area contributed by atoms with Crippen molar-refractivity contribution in [2.24, 2.45) is 0 Å². The van der Waals surface area contributed by atoms with Crippen LogP contribution in [0.2, 0.25) is 0 Å². The number of aliphatic hydroxyl groups is 1. The first-order chi connectivity index (χ1) is 21.2. The molecule has 1 fully saturated rings. The van der Waals surface area contributed by atoms with Gasteiger partial charge in [0.25, 0.3) is 5.91 Å². The molecule has 3 heterocycles. The fraction of sp³-hybridized carbons (Fsp3) is 0.419. The average Bonchev–Trinajstić information content (AvgIpc) is 3.04. The largest absolute Gasteiger partial charge is 0.497 e. The van der Waals surface area contributed by atoms with Crippen molar-refractivity contribution in [3.05, 3.63) is 82.4 Å². The molecule has 44 heavy (non-hydrogen) atoms. The van der Waals surface area contributed by atoms with Crippen LogP contribution in [0.4, 0.5) is 0 Å². The van der Waals surface area contributed by atoms with Crippen LogP contribution in [-0.2, 0) is 24.3 Å². The SMILES string of the molecule is COc1ccc(S(=O)(=O)N(CCO)CCO[C@@H]2C[C@H](c3coc4ccccc4c3=O)C=C(C(=O)N3CCN(C)CC3)O2)cc1. The van der Waals surface area contributed by atoms with Gasteiger partial charge in [-0.15, -0.1) is 0 Å². The molecular formula is C31H37N3O9S. The number of sulfonamides is 1. The molecular weight excluding hydrogens is 590 g/mol. The van der Waals surface area contributed by atoms with E-state index in [1.165, 1.54) is 25.5 Å². The van der Waals surface area contributed by atoms with Gasteiger partial charge in [0.1, 0.15) is 11.3 Å². The Bertz CT molecular complexity index is 1650. The van der Waals surface area contributed by atoms with E-state index in [1.807, 2.05) is 7.05 Å². The Labute approximate surface area is 256 Å². The summed E-state index contributed by atoms with van der Waals surface area (Å²) in [5, 5.41) is 10.0. The Morgan fingerprint density at radius 2 is 1.80 bits per heavy atom. The predicted octanol–water partition coefficient (Wildman–Crippen LogP) is 1.99. The number of aliphatic hydroxyl groups excluding tert-OH is 1. The molecule has 0 spiro atoms. The number of methoxy groups -OCH3 is 1. The van der Waals surface area contributed by atoms with Gasteiger partial charge in [-0.25, -0.2) is 8.42 Å². The molecule has 1 aromatic heterocycles. The Hall–Kier alpha value is -3.75. The maximum Gasteiger partial charge on any atom is 0.288 e. The van der Waals surface area contributed by atoms with Crippen LogP contribution in [0.1, 0.15) is 17.9 Å². The molecule has 2 aliphatic rings. The predicted molar refractivity (Wildman–Crippen MR) is 162 cm³/mol. The van der Waals surface area contributed by atoms with Crippen LogP contribution in [0.5, 0.6) is 5.75 Å². The number of piperazine rings is 1. The molecule has 1 saturated heterocycles. The highest BCUT2D eigenvalue weighted by atomic mass is 32.2. The zero-order valence-corrected chi connectivity index (χ0v) is 25.6. The van der Waals surface area contributed by atoms with Gasteiger partial charge in [0.05, 0.1) is 36.9 Å². The first-order valence-electron chi connectivity index (χ1n) is 14.4. The number of hydrogen-bond donors (Lipinski definition) is 1. The molecule has 0 saturated carbocycles. The van der Waals surface area contributed by atoms with Crippen LogP contribution < -0.4 is 10.2 Å². The molecule has 12 nitrogen and oxygen atoms in total. The van der Waals surface area contributed by atoms with Crippen molar-refractivity contribution in [1.29, 1.82) is 0 Å². The number of carbonyl (C=O) groups is 1. The average molecular weight is 628 g/mol. The second kappa shape index (κ2) is 13.9. The van der Waals surface area contributed by atoms with Crippen LogP contribution in [0.15, 0.2) is 80.7 Å². The van der Waals surface area contributed by atoms with E-state index in [-0.39, 0.29) is 54.7 Å². The van der Waals surface area contributed by atoms with Crippen LogP contribution >= 0.6 is 0 Å². The molecule has 0 bridgehead atoms. The summed E-state index contributed by atoms with van der Waals surface area (Å²) >= 11 is 0. The van der Waals surface area contributed by atoms with Gasteiger partial charge < -0.3 is 33.5 Å². The summed E-state index contributed by atoms with van der Waals surface area (Å²) in [6.07, 6.45) is 2.32. The van der Waals surface area contributed by atoms with E-state index < -0.39 is 22.2 Å². The third-order valence-corrected chi connectivity index (χ3v) is 9.77. The Morgan fingerprint density at radius 3 is 2.50 bits per heavy atom. The number of likely N-dealkylation sites (N-methyl/N-ethyl adjacent to an activating group) is 1. The lowest BCUT2D eigenvalue weighted by Crippen LogP contribution is -2.48. The molecule has 1 N–H and O–H groups in total. The van der Waals surface area contributed by atoms with Crippen LogP contribution in [0, 0.1) is 0 Å². The summed E-state index contributed by atoms with van der Waals surface area (Å²) < 4.78 is 50.6. The molecule has 2 aromatic carbocycles. The number of fused-ring (bicyclic) bond motifs is 1. The van der Waals surface area contributed by atoms with Gasteiger partial charge in [-0.3, -0.25) is 9.59 Å². The highest BCUT2D eigenvalue weighted by molar-refractivity contribution is 7.89. The number of allylic oxidation sites excluding steroid dienone is 1. The lowest BCUT2D eigenvalue weighted by Gasteiger charge is -2.35. The minimum Gasteiger partial charge on any atom is -0.497 e. The van der Waals surface area contributed by atoms with Gasteiger partial charge in [-0.2, -0.15) is 4.31 Å². The van der Waals surface area contributed by atoms with Gasteiger partial charge in [0.15, 0.2) is 11.2 Å². The van der Waals surface area contributed by atoms with E-state index in [9.17, 15) is 23.1 Å². The van der Waals surface area contributed by atoms with Crippen molar-refractivity contribution in [1.82, 2.24) is 14.1 Å². The van der Waals surface area contributed by atoms with Crippen molar-refractivity contribution < 1.29 is 36.9 Å². The number of rotatable bonds is 11. The molecule has 236 valence electrons. The monoisotopic (exact) mass is 627 g/mol. The third kappa shape index (κ3) is 6.97. The van der Waals surface area contributed by atoms with Crippen molar-refractivity contribution in [2.75, 3.05) is 66.6 Å². The topological polar surface area (TPSA) is 139 Å². The number of carbonyl (C=O) groups excluding carboxylic acids is 1. The van der Waals surface area contributed by atoms with E-state index in [1.54, 1.807) is 47.4 Å². The van der Waals surface area contributed by atoms with Crippen molar-refractivity contribution in [3.63, 3.8) is 0 Å². The third-order valence-electron chi connectivity index (χ3n) is 7.86. The van der Waals surface area contributed by atoms with E-state index in [0.29, 0.717) is 35.4 Å². The van der Waals surface area contributed by atoms with E-state index in [4.69, 9.17) is 18.6 Å². The fourth-order valence-electron chi connectivity index (χ4n) is 5.29. The maximum atomic E-state index is 13.5. The quantitative estimate of drug-likeness (QED) is 0.336. The van der Waals surface area contributed by atoms with Gasteiger partial charge in [0.2, 0.25) is 16.3 Å². The Morgan fingerprint density at radius 1 is 1.07 bits per heavy atom. The highest BCUT2D eigenvalue weighted by Gasteiger charge is 2.34. The van der Waals surface area contributed by atoms with Crippen molar-refractivity contribution >= 4 is 26.9 Å². The summed E-state index contributed by atoms with van der Waals surface area (Å²) in [5.74, 6) is -0.259. The number of benzene rings is 2. The number of para-hydroxylation sites is 1. The smallest absolute Gasteiger partial charge is 0.288 e. The number of hydrogen-bond acceptors (Lipinski definition) is 10. The van der Waals surface area contributed by atoms with E-state index in [0.717, 1.165) is 17.4 Å². The minimum atomic E-state index is -3.95. The summed E-state index contributed by atoms with van der Waals surface area (Å²) in [5.41, 5.74) is 0.619. The van der Waals surface area contributed by atoms with Gasteiger partial charge in [0, 0.05) is 57.2 Å². The second-order valence-electron chi connectivity index (χ2n) is 10.7. The Balaban J connectivity index is 1.35. The highest BCUT2D eigenvalue weighted by Crippen LogP contribution is 2.32. The van der Waals surface area contributed by atoms with E-state index in [2.05, 4.69) is 4.90 Å². The lowest BCUT2D eigenvalue weighted by molar-refractivity contribution is -0.153. The van der Waals surface area contributed by atoms with Gasteiger partial charge in [-0.1, -0.05) is 12.1 Å². The van der Waals surface area contributed by atoms with Crippen molar-refractivity contribution in [2.45, 2.75) is 23.5 Å². The van der Waals surface area contributed by atoms with Gasteiger partial charge >= 0.3 is 0 Å². The minimum absolute atomic E-state index is 0.0479. The summed E-state index contributed by atoms with van der Waals surface area (Å²) in [6, 6.07) is 12.9. The molecule has 2 atom stereocenters. The van der Waals surface area contributed by atoms with Crippen LogP contribution in [0.3, 0.4) is 0 Å². The second-order valence-corrected chi connectivity index (χ2v) is 12.6. The molecule has 2 aliphatic heterocycles. The zero-order valence-electron chi connectivity index (χ0n) is 24.8. The van der Waals surface area contributed by atoms with Crippen molar-refractivity contribution in [3.8, 4) is 5.75 Å². The first kappa shape index (κ1) is 31.7.